The molecule has 0 radical (unpaired) electrons. The van der Waals surface area contributed by atoms with Crippen molar-refractivity contribution in [3.05, 3.63) is 29.3 Å². The van der Waals surface area contributed by atoms with Gasteiger partial charge >= 0.3 is 0 Å². The number of phenols is 1. The summed E-state index contributed by atoms with van der Waals surface area (Å²) < 4.78 is 0. The highest BCUT2D eigenvalue weighted by atomic mass is 16.3. The molecule has 0 aliphatic heterocycles. The number of hydrogen-bond donors (Lipinski definition) is 2. The molecule has 1 unspecified atom stereocenters. The first-order chi connectivity index (χ1) is 5.81. The molecule has 0 fully saturated rings. The summed E-state index contributed by atoms with van der Waals surface area (Å²) in [5, 5.41) is 12.5. The number of nitrogens with one attached hydrogen (secondary N) is 1. The molecular formula is C10H13NO. The molecule has 0 bridgehead atoms. The van der Waals surface area contributed by atoms with Gasteiger partial charge in [0.05, 0.1) is 0 Å². The molecule has 1 aromatic rings. The van der Waals surface area contributed by atoms with E-state index >= 15 is 0 Å². The van der Waals surface area contributed by atoms with Crippen LogP contribution < -0.4 is 5.32 Å². The summed E-state index contributed by atoms with van der Waals surface area (Å²) in [6.07, 6.45) is 2.27. The molecule has 0 saturated heterocycles. The molecule has 0 spiro atoms. The third kappa shape index (κ3) is 1.08. The van der Waals surface area contributed by atoms with Gasteiger partial charge in [-0.15, -0.1) is 0 Å². The number of rotatable bonds is 1. The first-order valence-electron chi connectivity index (χ1n) is 4.30. The van der Waals surface area contributed by atoms with E-state index in [-0.39, 0.29) is 0 Å². The zero-order valence-electron chi connectivity index (χ0n) is 7.17. The fraction of sp³-hybridized carbons (Fsp3) is 0.400. The molecule has 2 nitrogen and oxygen atoms in total. The third-order valence-electron chi connectivity index (χ3n) is 2.56. The van der Waals surface area contributed by atoms with Crippen LogP contribution in [0.4, 0.5) is 0 Å². The minimum Gasteiger partial charge on any atom is -0.508 e. The average molecular weight is 163 g/mol. The Bertz CT molecular complexity index is 296. The quantitative estimate of drug-likeness (QED) is 0.659. The molecule has 0 heterocycles. The van der Waals surface area contributed by atoms with Crippen molar-refractivity contribution < 1.29 is 5.11 Å². The highest BCUT2D eigenvalue weighted by Crippen LogP contribution is 2.32. The van der Waals surface area contributed by atoms with E-state index in [1.54, 1.807) is 6.07 Å². The Labute approximate surface area is 72.2 Å². The van der Waals surface area contributed by atoms with E-state index in [1.807, 2.05) is 19.2 Å². The minimum absolute atomic E-state index is 0.371. The molecule has 2 N–H and O–H groups in total. The van der Waals surface area contributed by atoms with Crippen molar-refractivity contribution in [2.24, 2.45) is 0 Å². The lowest BCUT2D eigenvalue weighted by Gasteiger charge is -2.09. The highest BCUT2D eigenvalue weighted by Gasteiger charge is 2.20. The van der Waals surface area contributed by atoms with Gasteiger partial charge in [0.2, 0.25) is 0 Å². The van der Waals surface area contributed by atoms with Gasteiger partial charge in [-0.25, -0.2) is 0 Å². The second-order valence-corrected chi connectivity index (χ2v) is 3.26. The Kier molecular flexibility index (Phi) is 1.77. The van der Waals surface area contributed by atoms with Crippen molar-refractivity contribution in [2.75, 3.05) is 7.05 Å². The first kappa shape index (κ1) is 7.62. The van der Waals surface area contributed by atoms with Crippen molar-refractivity contribution in [3.63, 3.8) is 0 Å². The molecule has 1 atom stereocenters. The van der Waals surface area contributed by atoms with Crippen LogP contribution in [0.5, 0.6) is 5.75 Å². The van der Waals surface area contributed by atoms with Gasteiger partial charge in [-0.2, -0.15) is 0 Å². The molecule has 1 aliphatic carbocycles. The number of phenolic OH excluding ortho intramolecular Hbond substituents is 1. The van der Waals surface area contributed by atoms with Crippen molar-refractivity contribution in [3.8, 4) is 5.75 Å². The van der Waals surface area contributed by atoms with Gasteiger partial charge in [0, 0.05) is 6.04 Å². The van der Waals surface area contributed by atoms with Gasteiger partial charge in [0.15, 0.2) is 0 Å². The summed E-state index contributed by atoms with van der Waals surface area (Å²) in [5.41, 5.74) is 2.63. The lowest BCUT2D eigenvalue weighted by atomic mass is 10.1. The molecule has 0 aromatic heterocycles. The predicted octanol–water partition coefficient (Wildman–Crippen LogP) is 1.60. The maximum atomic E-state index is 9.28. The molecule has 64 valence electrons. The van der Waals surface area contributed by atoms with E-state index in [1.165, 1.54) is 11.1 Å². The molecule has 1 aliphatic rings. The number of hydrogen-bond acceptors (Lipinski definition) is 2. The van der Waals surface area contributed by atoms with Crippen molar-refractivity contribution in [1.29, 1.82) is 0 Å². The number of aryl methyl sites for hydroxylation is 1. The van der Waals surface area contributed by atoms with Gasteiger partial charge in [-0.1, -0.05) is 6.07 Å². The smallest absolute Gasteiger partial charge is 0.115 e. The molecule has 0 amide bonds. The van der Waals surface area contributed by atoms with E-state index in [4.69, 9.17) is 0 Å². The van der Waals surface area contributed by atoms with Gasteiger partial charge in [-0.05, 0) is 43.1 Å². The summed E-state index contributed by atoms with van der Waals surface area (Å²) in [6, 6.07) is 6.08. The van der Waals surface area contributed by atoms with Gasteiger partial charge in [-0.3, -0.25) is 0 Å². The molecule has 2 heteroatoms. The Morgan fingerprint density at radius 1 is 1.50 bits per heavy atom. The molecule has 12 heavy (non-hydrogen) atoms. The van der Waals surface area contributed by atoms with E-state index in [2.05, 4.69) is 5.32 Å². The largest absolute Gasteiger partial charge is 0.508 e. The lowest BCUT2D eigenvalue weighted by molar-refractivity contribution is 0.473. The predicted molar refractivity (Wildman–Crippen MR) is 48.2 cm³/mol. The minimum atomic E-state index is 0.371. The standard InChI is InChI=1S/C10H13NO/c1-11-10-5-3-7-2-4-8(12)6-9(7)10/h2,4,6,10-12H,3,5H2,1H3. The Hall–Kier alpha value is -1.02. The third-order valence-corrected chi connectivity index (χ3v) is 2.56. The number of fused-ring (bicyclic) bond motifs is 1. The Morgan fingerprint density at radius 2 is 2.33 bits per heavy atom. The second-order valence-electron chi connectivity index (χ2n) is 3.26. The molecular weight excluding hydrogens is 150 g/mol. The topological polar surface area (TPSA) is 32.3 Å². The van der Waals surface area contributed by atoms with E-state index < -0.39 is 0 Å². The molecule has 2 rings (SSSR count). The zero-order valence-corrected chi connectivity index (χ0v) is 7.17. The van der Waals surface area contributed by atoms with Crippen molar-refractivity contribution in [2.45, 2.75) is 18.9 Å². The van der Waals surface area contributed by atoms with Crippen molar-refractivity contribution in [1.82, 2.24) is 5.32 Å². The van der Waals surface area contributed by atoms with Gasteiger partial charge < -0.3 is 10.4 Å². The van der Waals surface area contributed by atoms with Gasteiger partial charge in [0.25, 0.3) is 0 Å². The monoisotopic (exact) mass is 163 g/mol. The van der Waals surface area contributed by atoms with E-state index in [0.29, 0.717) is 11.8 Å². The van der Waals surface area contributed by atoms with Crippen LogP contribution in [0.1, 0.15) is 23.6 Å². The van der Waals surface area contributed by atoms with E-state index in [0.717, 1.165) is 12.8 Å². The fourth-order valence-corrected chi connectivity index (χ4v) is 1.89. The summed E-state index contributed by atoms with van der Waals surface area (Å²) in [5.74, 6) is 0.371. The fourth-order valence-electron chi connectivity index (χ4n) is 1.89. The van der Waals surface area contributed by atoms with Crippen LogP contribution in [-0.2, 0) is 6.42 Å². The second kappa shape index (κ2) is 2.79. The lowest BCUT2D eigenvalue weighted by Crippen LogP contribution is -2.12. The van der Waals surface area contributed by atoms with Crippen LogP contribution >= 0.6 is 0 Å². The van der Waals surface area contributed by atoms with Crippen LogP contribution in [0.3, 0.4) is 0 Å². The van der Waals surface area contributed by atoms with Crippen LogP contribution in [0, 0.1) is 0 Å². The Morgan fingerprint density at radius 3 is 3.08 bits per heavy atom. The van der Waals surface area contributed by atoms with Crippen LogP contribution in [0.25, 0.3) is 0 Å². The SMILES string of the molecule is CNC1CCc2ccc(O)cc21. The summed E-state index contributed by atoms with van der Waals surface area (Å²) in [6.45, 7) is 0. The van der Waals surface area contributed by atoms with Crippen LogP contribution in [-0.4, -0.2) is 12.2 Å². The zero-order chi connectivity index (χ0) is 8.55. The summed E-state index contributed by atoms with van der Waals surface area (Å²) in [7, 11) is 1.96. The maximum absolute atomic E-state index is 9.28. The highest BCUT2D eigenvalue weighted by molar-refractivity contribution is 5.40. The van der Waals surface area contributed by atoms with Crippen LogP contribution in [0.15, 0.2) is 18.2 Å². The molecule has 1 aromatic carbocycles. The van der Waals surface area contributed by atoms with Crippen LogP contribution in [0.2, 0.25) is 0 Å². The maximum Gasteiger partial charge on any atom is 0.115 e. The van der Waals surface area contributed by atoms with E-state index in [9.17, 15) is 5.11 Å². The van der Waals surface area contributed by atoms with Crippen molar-refractivity contribution >= 4 is 0 Å². The number of aromatic hydroxyl groups is 1. The molecule has 0 saturated carbocycles. The summed E-state index contributed by atoms with van der Waals surface area (Å²) in [4.78, 5) is 0. The average Bonchev–Trinajstić information content (AvgIpc) is 2.46. The first-order valence-corrected chi connectivity index (χ1v) is 4.30. The summed E-state index contributed by atoms with van der Waals surface area (Å²) >= 11 is 0. The Balaban J connectivity index is 2.42. The normalized spacial score (nSPS) is 20.9. The number of benzene rings is 1. The van der Waals surface area contributed by atoms with Gasteiger partial charge in [0.1, 0.15) is 5.75 Å².